The Kier molecular flexibility index (Phi) is 1.31. The number of anilines is 1. The van der Waals surface area contributed by atoms with Crippen LogP contribution in [0.5, 0.6) is 0 Å². The zero-order chi connectivity index (χ0) is 8.72. The maximum Gasteiger partial charge on any atom is 0.265 e. The van der Waals surface area contributed by atoms with E-state index < -0.39 is 5.56 Å². The number of fused-ring (bicyclic) bond motifs is 1. The van der Waals surface area contributed by atoms with Crippen LogP contribution in [-0.4, -0.2) is 20.2 Å². The molecule has 0 saturated heterocycles. The molecule has 0 spiro atoms. The standard InChI is InChI=1S/C5H4ClN5O/c6-2-1-3(11-10-2)8-5(7)9-4(1)12/h(H4,7,8,9,10,11,12). The van der Waals surface area contributed by atoms with Crippen molar-refractivity contribution in [2.45, 2.75) is 0 Å². The van der Waals surface area contributed by atoms with Crippen molar-refractivity contribution in [2.75, 3.05) is 5.73 Å². The van der Waals surface area contributed by atoms with Crippen LogP contribution < -0.4 is 11.3 Å². The first-order valence-corrected chi connectivity index (χ1v) is 3.45. The maximum absolute atomic E-state index is 11.2. The predicted molar refractivity (Wildman–Crippen MR) is 43.9 cm³/mol. The third kappa shape index (κ3) is 0.850. The van der Waals surface area contributed by atoms with Gasteiger partial charge in [0.1, 0.15) is 10.5 Å². The molecule has 7 heteroatoms. The Labute approximate surface area is 70.8 Å². The summed E-state index contributed by atoms with van der Waals surface area (Å²) < 4.78 is 0. The minimum absolute atomic E-state index is 0.0238. The second-order valence-corrected chi connectivity index (χ2v) is 2.57. The van der Waals surface area contributed by atoms with Gasteiger partial charge in [-0.3, -0.25) is 14.9 Å². The van der Waals surface area contributed by atoms with Crippen molar-refractivity contribution in [2.24, 2.45) is 0 Å². The molecule has 0 bridgehead atoms. The normalized spacial score (nSPS) is 10.8. The summed E-state index contributed by atoms with van der Waals surface area (Å²) >= 11 is 5.61. The van der Waals surface area contributed by atoms with Gasteiger partial charge < -0.3 is 5.73 Å². The van der Waals surface area contributed by atoms with Crippen molar-refractivity contribution in [3.63, 3.8) is 0 Å². The van der Waals surface area contributed by atoms with E-state index in [-0.39, 0.29) is 22.1 Å². The molecule has 2 heterocycles. The van der Waals surface area contributed by atoms with E-state index in [1.807, 2.05) is 0 Å². The summed E-state index contributed by atoms with van der Waals surface area (Å²) in [6.45, 7) is 0. The number of nitrogens with two attached hydrogens (primary N) is 1. The van der Waals surface area contributed by atoms with Crippen LogP contribution in [0.15, 0.2) is 4.79 Å². The number of H-pyrrole nitrogens is 2. The molecule has 12 heavy (non-hydrogen) atoms. The van der Waals surface area contributed by atoms with Crippen molar-refractivity contribution in [1.82, 2.24) is 20.2 Å². The molecule has 4 N–H and O–H groups in total. The van der Waals surface area contributed by atoms with E-state index in [0.717, 1.165) is 0 Å². The zero-order valence-corrected chi connectivity index (χ0v) is 6.51. The zero-order valence-electron chi connectivity index (χ0n) is 5.76. The minimum Gasteiger partial charge on any atom is -0.369 e. The molecule has 62 valence electrons. The molecule has 2 aromatic rings. The third-order valence-electron chi connectivity index (χ3n) is 1.40. The summed E-state index contributed by atoms with van der Waals surface area (Å²) in [5.41, 5.74) is 5.10. The molecule has 2 rings (SSSR count). The fourth-order valence-corrected chi connectivity index (χ4v) is 1.13. The molecule has 2 aromatic heterocycles. The molecule has 0 aliphatic heterocycles. The highest BCUT2D eigenvalue weighted by Crippen LogP contribution is 2.13. The highest BCUT2D eigenvalue weighted by atomic mass is 35.5. The second-order valence-electron chi connectivity index (χ2n) is 2.19. The average Bonchev–Trinajstić information content (AvgIpc) is 2.31. The number of hydrogen-bond acceptors (Lipinski definition) is 4. The first kappa shape index (κ1) is 7.11. The maximum atomic E-state index is 11.2. The van der Waals surface area contributed by atoms with Crippen molar-refractivity contribution in [3.8, 4) is 0 Å². The summed E-state index contributed by atoms with van der Waals surface area (Å²) in [5.74, 6) is 0.0238. The van der Waals surface area contributed by atoms with Gasteiger partial charge in [-0.1, -0.05) is 11.6 Å². The van der Waals surface area contributed by atoms with Crippen LogP contribution in [-0.2, 0) is 0 Å². The average molecular weight is 186 g/mol. The number of aromatic nitrogens is 4. The predicted octanol–water partition coefficient (Wildman–Crippen LogP) is -0.118. The van der Waals surface area contributed by atoms with Crippen LogP contribution in [0.2, 0.25) is 5.15 Å². The summed E-state index contributed by atoms with van der Waals surface area (Å²) in [5, 5.41) is 6.49. The molecule has 0 aliphatic rings. The molecule has 0 radical (unpaired) electrons. The largest absolute Gasteiger partial charge is 0.369 e. The van der Waals surface area contributed by atoms with Gasteiger partial charge >= 0.3 is 0 Å². The molecule has 0 saturated carbocycles. The van der Waals surface area contributed by atoms with E-state index in [1.54, 1.807) is 0 Å². The Hall–Kier alpha value is -1.56. The van der Waals surface area contributed by atoms with Crippen LogP contribution >= 0.6 is 11.6 Å². The van der Waals surface area contributed by atoms with E-state index in [2.05, 4.69) is 20.2 Å². The number of nitrogen functional groups attached to an aromatic ring is 1. The first-order chi connectivity index (χ1) is 5.68. The molecule has 0 amide bonds. The summed E-state index contributed by atoms with van der Waals surface area (Å²) in [6.07, 6.45) is 0. The summed E-state index contributed by atoms with van der Waals surface area (Å²) in [4.78, 5) is 17.2. The van der Waals surface area contributed by atoms with Crippen LogP contribution in [0, 0.1) is 0 Å². The van der Waals surface area contributed by atoms with E-state index >= 15 is 0 Å². The molecule has 0 fully saturated rings. The minimum atomic E-state index is -0.392. The van der Waals surface area contributed by atoms with Gasteiger partial charge in [-0.25, -0.2) is 0 Å². The molecule has 0 unspecified atom stereocenters. The van der Waals surface area contributed by atoms with Gasteiger partial charge in [0.2, 0.25) is 5.95 Å². The van der Waals surface area contributed by atoms with Crippen molar-refractivity contribution in [1.29, 1.82) is 0 Å². The Bertz CT molecular complexity index is 486. The number of rotatable bonds is 0. The molecule has 6 nitrogen and oxygen atoms in total. The van der Waals surface area contributed by atoms with Gasteiger partial charge in [-0.15, -0.1) is 0 Å². The smallest absolute Gasteiger partial charge is 0.265 e. The molecular weight excluding hydrogens is 182 g/mol. The Morgan fingerprint density at radius 1 is 1.50 bits per heavy atom. The number of nitrogens with zero attached hydrogens (tertiary/aromatic N) is 2. The van der Waals surface area contributed by atoms with E-state index in [0.29, 0.717) is 0 Å². The molecular formula is C5H4ClN5O. The third-order valence-corrected chi connectivity index (χ3v) is 1.67. The van der Waals surface area contributed by atoms with Gasteiger partial charge in [0.05, 0.1) is 0 Å². The van der Waals surface area contributed by atoms with Crippen molar-refractivity contribution < 1.29 is 0 Å². The highest BCUT2D eigenvalue weighted by Gasteiger charge is 2.08. The fourth-order valence-electron chi connectivity index (χ4n) is 0.915. The number of halogens is 1. The molecule has 0 aliphatic carbocycles. The number of hydrogen-bond donors (Lipinski definition) is 3. The van der Waals surface area contributed by atoms with Gasteiger partial charge in [-0.2, -0.15) is 10.1 Å². The summed E-state index contributed by atoms with van der Waals surface area (Å²) in [6, 6.07) is 0. The van der Waals surface area contributed by atoms with Crippen molar-refractivity contribution in [3.05, 3.63) is 15.5 Å². The lowest BCUT2D eigenvalue weighted by Crippen LogP contribution is -2.10. The highest BCUT2D eigenvalue weighted by molar-refractivity contribution is 6.33. The lowest BCUT2D eigenvalue weighted by atomic mass is 10.4. The van der Waals surface area contributed by atoms with Crippen LogP contribution in [0.3, 0.4) is 0 Å². The van der Waals surface area contributed by atoms with Gasteiger partial charge in [0, 0.05) is 0 Å². The fraction of sp³-hybridized carbons (Fsp3) is 0. The second kappa shape index (κ2) is 2.21. The van der Waals surface area contributed by atoms with Crippen LogP contribution in [0.1, 0.15) is 0 Å². The Balaban J connectivity index is 3.03. The van der Waals surface area contributed by atoms with Gasteiger partial charge in [0.25, 0.3) is 5.56 Å². The lowest BCUT2D eigenvalue weighted by molar-refractivity contribution is 1.09. The monoisotopic (exact) mass is 185 g/mol. The molecule has 0 atom stereocenters. The number of nitrogens with one attached hydrogen (secondary N) is 2. The van der Waals surface area contributed by atoms with Gasteiger partial charge in [0.15, 0.2) is 5.65 Å². The van der Waals surface area contributed by atoms with E-state index in [1.165, 1.54) is 0 Å². The van der Waals surface area contributed by atoms with E-state index in [9.17, 15) is 4.79 Å². The molecule has 0 aromatic carbocycles. The SMILES string of the molecule is Nc1nc2n[nH]c(Cl)c2c(=O)[nH]1. The van der Waals surface area contributed by atoms with Crippen LogP contribution in [0.25, 0.3) is 11.0 Å². The quantitative estimate of drug-likeness (QED) is 0.533. The Morgan fingerprint density at radius 2 is 2.25 bits per heavy atom. The van der Waals surface area contributed by atoms with Gasteiger partial charge in [-0.05, 0) is 0 Å². The Morgan fingerprint density at radius 3 is 3.00 bits per heavy atom. The van der Waals surface area contributed by atoms with Crippen molar-refractivity contribution >= 4 is 28.6 Å². The first-order valence-electron chi connectivity index (χ1n) is 3.08. The number of aromatic amines is 2. The van der Waals surface area contributed by atoms with Crippen LogP contribution in [0.4, 0.5) is 5.95 Å². The van der Waals surface area contributed by atoms with E-state index in [4.69, 9.17) is 17.3 Å². The lowest BCUT2D eigenvalue weighted by Gasteiger charge is -1.89. The summed E-state index contributed by atoms with van der Waals surface area (Å²) in [7, 11) is 0. The topological polar surface area (TPSA) is 100 Å².